The van der Waals surface area contributed by atoms with Gasteiger partial charge in [0.05, 0.1) is 17.9 Å². The van der Waals surface area contributed by atoms with Gasteiger partial charge in [-0.1, -0.05) is 6.42 Å². The van der Waals surface area contributed by atoms with Crippen LogP contribution in [-0.2, 0) is 18.4 Å². The zero-order valence-electron chi connectivity index (χ0n) is 13.1. The molecule has 3 unspecified atom stereocenters. The van der Waals surface area contributed by atoms with Gasteiger partial charge in [0.25, 0.3) is 0 Å². The summed E-state index contributed by atoms with van der Waals surface area (Å²) in [6.07, 6.45) is 5.52. The molecule has 1 amide bonds. The summed E-state index contributed by atoms with van der Waals surface area (Å²) in [4.78, 5) is 20.6. The fraction of sp³-hybridized carbons (Fsp3) is 0.733. The van der Waals surface area contributed by atoms with Gasteiger partial charge < -0.3 is 15.2 Å². The Kier molecular flexibility index (Phi) is 3.65. The molecule has 21 heavy (non-hydrogen) atoms. The van der Waals surface area contributed by atoms with Crippen LogP contribution in [0.15, 0.2) is 6.20 Å². The minimum atomic E-state index is -0.167. The number of nitrogens with zero attached hydrogens (tertiary/aromatic N) is 4. The summed E-state index contributed by atoms with van der Waals surface area (Å²) in [6.45, 7) is 1.73. The maximum Gasteiger partial charge on any atom is 0.235 e. The summed E-state index contributed by atoms with van der Waals surface area (Å²) in [5.74, 6) is 1.87. The molecule has 3 atom stereocenters. The van der Waals surface area contributed by atoms with E-state index in [4.69, 9.17) is 5.73 Å². The molecule has 1 aromatic heterocycles. The number of likely N-dealkylation sites (tertiary alicyclic amines) is 1. The first-order valence-corrected chi connectivity index (χ1v) is 7.70. The minimum absolute atomic E-state index is 0.102. The molecule has 1 saturated heterocycles. The van der Waals surface area contributed by atoms with Gasteiger partial charge in [0.2, 0.25) is 11.9 Å². The molecule has 116 valence electrons. The number of carbonyl (C=O) groups is 1. The molecule has 1 aliphatic heterocycles. The molecular formula is C15H25N5O. The number of imidazole rings is 1. The van der Waals surface area contributed by atoms with E-state index in [9.17, 15) is 4.79 Å². The number of rotatable bonds is 4. The Hall–Kier alpha value is -1.56. The van der Waals surface area contributed by atoms with Crippen LogP contribution in [0.3, 0.4) is 0 Å². The van der Waals surface area contributed by atoms with Gasteiger partial charge in [0, 0.05) is 34.2 Å². The molecule has 0 radical (unpaired) electrons. The largest absolute Gasteiger partial charge is 0.368 e. The lowest BCUT2D eigenvalue weighted by Crippen LogP contribution is -2.43. The number of carbonyl (C=O) groups excluding carboxylic acids is 1. The first kappa shape index (κ1) is 14.4. The van der Waals surface area contributed by atoms with E-state index >= 15 is 0 Å². The molecule has 2 aliphatic rings. The Balaban J connectivity index is 1.79. The van der Waals surface area contributed by atoms with E-state index in [1.165, 1.54) is 12.8 Å². The summed E-state index contributed by atoms with van der Waals surface area (Å²) in [6, 6.07) is -0.102. The Bertz CT molecular complexity index is 538. The first-order chi connectivity index (χ1) is 9.99. The van der Waals surface area contributed by atoms with Crippen molar-refractivity contribution in [2.24, 2.45) is 24.6 Å². The van der Waals surface area contributed by atoms with Crippen LogP contribution in [0, 0.1) is 11.8 Å². The Morgan fingerprint density at radius 3 is 2.86 bits per heavy atom. The normalized spacial score (nSPS) is 28.8. The topological polar surface area (TPSA) is 67.4 Å². The molecule has 0 spiro atoms. The van der Waals surface area contributed by atoms with Crippen LogP contribution in [0.5, 0.6) is 0 Å². The maximum absolute atomic E-state index is 11.9. The standard InChI is InChI=1S/C15H25N5O/c1-18(2)15-17-7-11(19(15)3)9-20-8-10-5-4-6-12(10)13(20)14(16)21/h7,10,12-13H,4-6,8-9H2,1-3H3,(H2,16,21). The minimum Gasteiger partial charge on any atom is -0.368 e. The van der Waals surface area contributed by atoms with E-state index < -0.39 is 0 Å². The van der Waals surface area contributed by atoms with Crippen molar-refractivity contribution in [1.29, 1.82) is 0 Å². The van der Waals surface area contributed by atoms with E-state index in [0.717, 1.165) is 31.2 Å². The lowest BCUT2D eigenvalue weighted by Gasteiger charge is -2.25. The van der Waals surface area contributed by atoms with Crippen LogP contribution in [0.25, 0.3) is 0 Å². The van der Waals surface area contributed by atoms with Crippen LogP contribution in [0.4, 0.5) is 5.95 Å². The van der Waals surface area contributed by atoms with Gasteiger partial charge in [0.1, 0.15) is 0 Å². The van der Waals surface area contributed by atoms with Crippen molar-refractivity contribution in [2.45, 2.75) is 31.8 Å². The predicted molar refractivity (Wildman–Crippen MR) is 81.8 cm³/mol. The second kappa shape index (κ2) is 5.33. The van der Waals surface area contributed by atoms with Gasteiger partial charge in [-0.15, -0.1) is 0 Å². The van der Waals surface area contributed by atoms with Crippen molar-refractivity contribution < 1.29 is 4.79 Å². The lowest BCUT2D eigenvalue weighted by atomic mass is 9.94. The number of nitrogens with two attached hydrogens (primary N) is 1. The molecule has 6 nitrogen and oxygen atoms in total. The Labute approximate surface area is 125 Å². The molecule has 1 aromatic rings. The second-order valence-corrected chi connectivity index (χ2v) is 6.63. The average Bonchev–Trinajstić information content (AvgIpc) is 3.04. The molecule has 0 aromatic carbocycles. The zero-order chi connectivity index (χ0) is 15.1. The maximum atomic E-state index is 11.9. The van der Waals surface area contributed by atoms with Gasteiger partial charge in [-0.3, -0.25) is 9.69 Å². The molecule has 2 heterocycles. The Morgan fingerprint density at radius 1 is 1.48 bits per heavy atom. The summed E-state index contributed by atoms with van der Waals surface area (Å²) >= 11 is 0. The number of fused-ring (bicyclic) bond motifs is 1. The van der Waals surface area contributed by atoms with Crippen molar-refractivity contribution in [3.05, 3.63) is 11.9 Å². The molecule has 3 rings (SSSR count). The highest BCUT2D eigenvalue weighted by Crippen LogP contribution is 2.42. The van der Waals surface area contributed by atoms with E-state index in [2.05, 4.69) is 14.5 Å². The third kappa shape index (κ3) is 2.41. The summed E-state index contributed by atoms with van der Waals surface area (Å²) < 4.78 is 2.09. The van der Waals surface area contributed by atoms with Crippen LogP contribution >= 0.6 is 0 Å². The van der Waals surface area contributed by atoms with E-state index in [1.807, 2.05) is 32.2 Å². The van der Waals surface area contributed by atoms with E-state index in [1.54, 1.807) is 0 Å². The number of amides is 1. The van der Waals surface area contributed by atoms with Crippen LogP contribution < -0.4 is 10.6 Å². The molecule has 1 saturated carbocycles. The highest BCUT2D eigenvalue weighted by atomic mass is 16.1. The molecule has 2 fully saturated rings. The fourth-order valence-corrected chi connectivity index (χ4v) is 4.15. The van der Waals surface area contributed by atoms with Crippen molar-refractivity contribution in [1.82, 2.24) is 14.5 Å². The SMILES string of the molecule is CN(C)c1ncc(CN2CC3CCCC3C2C(N)=O)n1C. The van der Waals surface area contributed by atoms with Gasteiger partial charge >= 0.3 is 0 Å². The van der Waals surface area contributed by atoms with Crippen molar-refractivity contribution >= 4 is 11.9 Å². The summed E-state index contributed by atoms with van der Waals surface area (Å²) in [5.41, 5.74) is 6.81. The van der Waals surface area contributed by atoms with Gasteiger partial charge in [-0.25, -0.2) is 4.98 Å². The smallest absolute Gasteiger partial charge is 0.235 e. The number of hydrogen-bond donors (Lipinski definition) is 1. The fourth-order valence-electron chi connectivity index (χ4n) is 4.15. The van der Waals surface area contributed by atoms with Crippen LogP contribution in [-0.4, -0.2) is 47.0 Å². The van der Waals surface area contributed by atoms with Gasteiger partial charge in [-0.2, -0.15) is 0 Å². The third-order valence-corrected chi connectivity index (χ3v) is 5.10. The van der Waals surface area contributed by atoms with Gasteiger partial charge in [0.15, 0.2) is 0 Å². The van der Waals surface area contributed by atoms with Crippen LogP contribution in [0.2, 0.25) is 0 Å². The average molecular weight is 291 g/mol. The second-order valence-electron chi connectivity index (χ2n) is 6.63. The van der Waals surface area contributed by atoms with Gasteiger partial charge in [-0.05, 0) is 24.7 Å². The molecule has 6 heteroatoms. The monoisotopic (exact) mass is 291 g/mol. The Morgan fingerprint density at radius 2 is 2.24 bits per heavy atom. The highest BCUT2D eigenvalue weighted by Gasteiger charge is 2.46. The predicted octanol–water partition coefficient (Wildman–Crippen LogP) is 0.572. The quantitative estimate of drug-likeness (QED) is 0.881. The summed E-state index contributed by atoms with van der Waals surface area (Å²) in [5, 5.41) is 0. The number of primary amides is 1. The lowest BCUT2D eigenvalue weighted by molar-refractivity contribution is -0.123. The number of aromatic nitrogens is 2. The molecule has 0 bridgehead atoms. The molecule has 2 N–H and O–H groups in total. The number of anilines is 1. The first-order valence-electron chi connectivity index (χ1n) is 7.70. The summed E-state index contributed by atoms with van der Waals surface area (Å²) in [7, 11) is 5.99. The highest BCUT2D eigenvalue weighted by molar-refractivity contribution is 5.80. The van der Waals surface area contributed by atoms with Crippen LogP contribution in [0.1, 0.15) is 25.0 Å². The van der Waals surface area contributed by atoms with E-state index in [0.29, 0.717) is 11.8 Å². The van der Waals surface area contributed by atoms with Crippen molar-refractivity contribution in [3.63, 3.8) is 0 Å². The van der Waals surface area contributed by atoms with E-state index in [-0.39, 0.29) is 11.9 Å². The molecular weight excluding hydrogens is 266 g/mol. The van der Waals surface area contributed by atoms with Crippen molar-refractivity contribution in [2.75, 3.05) is 25.5 Å². The molecule has 1 aliphatic carbocycles. The number of hydrogen-bond acceptors (Lipinski definition) is 4. The third-order valence-electron chi connectivity index (χ3n) is 5.10. The van der Waals surface area contributed by atoms with Crippen molar-refractivity contribution in [3.8, 4) is 0 Å². The zero-order valence-corrected chi connectivity index (χ0v) is 13.1.